The topological polar surface area (TPSA) is 15.3 Å². The van der Waals surface area contributed by atoms with Gasteiger partial charge in [0.05, 0.1) is 0 Å². The predicted molar refractivity (Wildman–Crippen MR) is 82.5 cm³/mol. The number of benzene rings is 1. The van der Waals surface area contributed by atoms with Gasteiger partial charge in [-0.3, -0.25) is 4.90 Å². The molecule has 0 aliphatic carbocycles. The Morgan fingerprint density at radius 1 is 1.26 bits per heavy atom. The minimum atomic E-state index is 0.628. The van der Waals surface area contributed by atoms with Gasteiger partial charge in [-0.25, -0.2) is 0 Å². The van der Waals surface area contributed by atoms with Crippen molar-refractivity contribution in [1.82, 2.24) is 10.2 Å². The fourth-order valence-electron chi connectivity index (χ4n) is 2.76. The second-order valence-corrected chi connectivity index (χ2v) is 6.07. The highest BCUT2D eigenvalue weighted by Gasteiger charge is 2.21. The normalized spacial score (nSPS) is 20.3. The van der Waals surface area contributed by atoms with Crippen LogP contribution in [0.2, 0.25) is 0 Å². The zero-order chi connectivity index (χ0) is 13.7. The maximum atomic E-state index is 3.63. The van der Waals surface area contributed by atoms with Gasteiger partial charge in [0.1, 0.15) is 0 Å². The molecule has 2 rings (SSSR count). The molecule has 2 heteroatoms. The van der Waals surface area contributed by atoms with E-state index in [-0.39, 0.29) is 0 Å². The lowest BCUT2D eigenvalue weighted by Crippen LogP contribution is -2.32. The summed E-state index contributed by atoms with van der Waals surface area (Å²) in [5, 5.41) is 3.63. The predicted octanol–water partition coefficient (Wildman–Crippen LogP) is 3.38. The van der Waals surface area contributed by atoms with Crippen molar-refractivity contribution in [3.05, 3.63) is 35.4 Å². The molecule has 1 aliphatic rings. The number of hydrogen-bond donors (Lipinski definition) is 1. The average molecular weight is 260 g/mol. The number of likely N-dealkylation sites (tertiary alicyclic amines) is 1. The summed E-state index contributed by atoms with van der Waals surface area (Å²) >= 11 is 0. The molecule has 0 bridgehead atoms. The van der Waals surface area contributed by atoms with E-state index in [9.17, 15) is 0 Å². The first-order valence-electron chi connectivity index (χ1n) is 7.73. The van der Waals surface area contributed by atoms with E-state index >= 15 is 0 Å². The van der Waals surface area contributed by atoms with Gasteiger partial charge in [-0.15, -0.1) is 0 Å². The smallest absolute Gasteiger partial charge is 0.0234 e. The Hall–Kier alpha value is -0.860. The molecule has 1 aromatic carbocycles. The molecule has 0 saturated carbocycles. The molecule has 1 N–H and O–H groups in total. The highest BCUT2D eigenvalue weighted by Crippen LogP contribution is 2.17. The van der Waals surface area contributed by atoms with Crippen molar-refractivity contribution in [2.45, 2.75) is 52.1 Å². The molecule has 0 amide bonds. The summed E-state index contributed by atoms with van der Waals surface area (Å²) in [7, 11) is 0. The molecule has 1 aliphatic heterocycles. The maximum Gasteiger partial charge on any atom is 0.0234 e. The Morgan fingerprint density at radius 2 is 2.00 bits per heavy atom. The highest BCUT2D eigenvalue weighted by molar-refractivity contribution is 5.24. The summed E-state index contributed by atoms with van der Waals surface area (Å²) in [6.07, 6.45) is 2.53. The molecule has 19 heavy (non-hydrogen) atoms. The van der Waals surface area contributed by atoms with Crippen LogP contribution in [-0.2, 0) is 6.54 Å². The van der Waals surface area contributed by atoms with E-state index in [0.717, 1.165) is 13.1 Å². The molecule has 1 fully saturated rings. The zero-order valence-corrected chi connectivity index (χ0v) is 12.7. The van der Waals surface area contributed by atoms with Gasteiger partial charge in [0.25, 0.3) is 0 Å². The second kappa shape index (κ2) is 7.06. The zero-order valence-electron chi connectivity index (χ0n) is 12.7. The van der Waals surface area contributed by atoms with Crippen LogP contribution in [0.5, 0.6) is 0 Å². The monoisotopic (exact) mass is 260 g/mol. The molecule has 2 nitrogen and oxygen atoms in total. The summed E-state index contributed by atoms with van der Waals surface area (Å²) in [6, 6.07) is 9.85. The minimum absolute atomic E-state index is 0.628. The molecule has 0 aromatic heterocycles. The van der Waals surface area contributed by atoms with E-state index in [1.807, 2.05) is 0 Å². The van der Waals surface area contributed by atoms with Crippen LogP contribution in [0.4, 0.5) is 0 Å². The second-order valence-electron chi connectivity index (χ2n) is 6.07. The quantitative estimate of drug-likeness (QED) is 0.843. The van der Waals surface area contributed by atoms with E-state index in [2.05, 4.69) is 55.3 Å². The van der Waals surface area contributed by atoms with Crippen molar-refractivity contribution < 1.29 is 0 Å². The summed E-state index contributed by atoms with van der Waals surface area (Å²) < 4.78 is 0. The lowest BCUT2D eigenvalue weighted by atomic mass is 10.0. The van der Waals surface area contributed by atoms with Crippen LogP contribution in [0.1, 0.15) is 50.7 Å². The van der Waals surface area contributed by atoms with Crippen LogP contribution in [0.3, 0.4) is 0 Å². The molecular formula is C17H28N2. The lowest BCUT2D eigenvalue weighted by Gasteiger charge is -2.17. The van der Waals surface area contributed by atoms with Crippen molar-refractivity contribution in [3.63, 3.8) is 0 Å². The van der Waals surface area contributed by atoms with Gasteiger partial charge in [-0.1, -0.05) is 45.0 Å². The minimum Gasteiger partial charge on any atom is -0.313 e. The van der Waals surface area contributed by atoms with Gasteiger partial charge in [0, 0.05) is 25.7 Å². The van der Waals surface area contributed by atoms with E-state index in [1.54, 1.807) is 0 Å². The summed E-state index contributed by atoms with van der Waals surface area (Å²) in [5.74, 6) is 0.628. The molecule has 1 unspecified atom stereocenters. The number of nitrogens with zero attached hydrogens (tertiary/aromatic N) is 1. The van der Waals surface area contributed by atoms with Crippen LogP contribution in [-0.4, -0.2) is 30.6 Å². The van der Waals surface area contributed by atoms with Crippen LogP contribution in [0.25, 0.3) is 0 Å². The Morgan fingerprint density at radius 3 is 2.63 bits per heavy atom. The van der Waals surface area contributed by atoms with Crippen molar-refractivity contribution in [1.29, 1.82) is 0 Å². The fraction of sp³-hybridized carbons (Fsp3) is 0.647. The van der Waals surface area contributed by atoms with E-state index in [4.69, 9.17) is 0 Å². The summed E-state index contributed by atoms with van der Waals surface area (Å²) in [6.45, 7) is 11.4. The first-order valence-corrected chi connectivity index (χ1v) is 7.73. The van der Waals surface area contributed by atoms with Gasteiger partial charge in [0.2, 0.25) is 0 Å². The van der Waals surface area contributed by atoms with Gasteiger partial charge in [-0.05, 0) is 36.4 Å². The summed E-state index contributed by atoms with van der Waals surface area (Å²) in [4.78, 5) is 2.57. The molecule has 106 valence electrons. The van der Waals surface area contributed by atoms with Gasteiger partial charge >= 0.3 is 0 Å². The highest BCUT2D eigenvalue weighted by atomic mass is 15.2. The SMILES string of the molecule is CCCNC1CCN(Cc2ccc(C(C)C)cc2)C1. The first kappa shape index (κ1) is 14.5. The largest absolute Gasteiger partial charge is 0.313 e. The average Bonchev–Trinajstić information content (AvgIpc) is 2.84. The number of hydrogen-bond acceptors (Lipinski definition) is 2. The van der Waals surface area contributed by atoms with Crippen molar-refractivity contribution in [3.8, 4) is 0 Å². The summed E-state index contributed by atoms with van der Waals surface area (Å²) in [5.41, 5.74) is 2.88. The molecular weight excluding hydrogens is 232 g/mol. The first-order chi connectivity index (χ1) is 9.19. The van der Waals surface area contributed by atoms with Gasteiger partial charge in [0.15, 0.2) is 0 Å². The third-order valence-electron chi connectivity index (χ3n) is 4.01. The molecule has 1 aromatic rings. The van der Waals surface area contributed by atoms with Crippen LogP contribution < -0.4 is 5.32 Å². The third-order valence-corrected chi connectivity index (χ3v) is 4.01. The van der Waals surface area contributed by atoms with E-state index in [1.165, 1.54) is 37.1 Å². The molecule has 1 saturated heterocycles. The van der Waals surface area contributed by atoms with Crippen molar-refractivity contribution >= 4 is 0 Å². The standard InChI is InChI=1S/C17H28N2/c1-4-10-18-17-9-11-19(13-17)12-15-5-7-16(8-6-15)14(2)3/h5-8,14,17-18H,4,9-13H2,1-3H3. The van der Waals surface area contributed by atoms with Crippen LogP contribution in [0, 0.1) is 0 Å². The van der Waals surface area contributed by atoms with Crippen molar-refractivity contribution in [2.24, 2.45) is 0 Å². The molecule has 0 spiro atoms. The maximum absolute atomic E-state index is 3.63. The molecule has 0 radical (unpaired) electrons. The van der Waals surface area contributed by atoms with Gasteiger partial charge < -0.3 is 5.32 Å². The third kappa shape index (κ3) is 4.32. The van der Waals surface area contributed by atoms with E-state index in [0.29, 0.717) is 12.0 Å². The van der Waals surface area contributed by atoms with Crippen molar-refractivity contribution in [2.75, 3.05) is 19.6 Å². The van der Waals surface area contributed by atoms with E-state index < -0.39 is 0 Å². The number of rotatable bonds is 6. The van der Waals surface area contributed by atoms with Crippen LogP contribution in [0.15, 0.2) is 24.3 Å². The number of nitrogens with one attached hydrogen (secondary N) is 1. The van der Waals surface area contributed by atoms with Gasteiger partial charge in [-0.2, -0.15) is 0 Å². The Bertz CT molecular complexity index is 369. The Labute approximate surface area is 118 Å². The molecule has 1 heterocycles. The molecule has 1 atom stereocenters. The Kier molecular flexibility index (Phi) is 5.41. The lowest BCUT2D eigenvalue weighted by molar-refractivity contribution is 0.320. The fourth-order valence-corrected chi connectivity index (χ4v) is 2.76. The van der Waals surface area contributed by atoms with Crippen LogP contribution >= 0.6 is 0 Å². The Balaban J connectivity index is 1.82.